The molecule has 0 aromatic carbocycles. The molecule has 0 unspecified atom stereocenters. The highest BCUT2D eigenvalue weighted by atomic mass is 16.5. The Morgan fingerprint density at radius 1 is 1.32 bits per heavy atom. The van der Waals surface area contributed by atoms with Crippen LogP contribution < -0.4 is 11.1 Å². The molecule has 19 heavy (non-hydrogen) atoms. The van der Waals surface area contributed by atoms with Gasteiger partial charge >= 0.3 is 0 Å². The van der Waals surface area contributed by atoms with Gasteiger partial charge in [-0.05, 0) is 18.8 Å². The molecule has 106 valence electrons. The number of nitrogens with two attached hydrogens (primary N) is 1. The van der Waals surface area contributed by atoms with Crippen LogP contribution in [-0.2, 0) is 10.2 Å². The Kier molecular flexibility index (Phi) is 4.24. The van der Waals surface area contributed by atoms with E-state index in [1.54, 1.807) is 6.07 Å². The summed E-state index contributed by atoms with van der Waals surface area (Å²) in [5.41, 5.74) is 5.76. The van der Waals surface area contributed by atoms with Gasteiger partial charge in [0.2, 0.25) is 0 Å². The largest absolute Gasteiger partial charge is 0.384 e. The van der Waals surface area contributed by atoms with E-state index in [0.717, 1.165) is 44.2 Å². The van der Waals surface area contributed by atoms with Crippen LogP contribution in [0.15, 0.2) is 6.07 Å². The Hall–Kier alpha value is -1.36. The van der Waals surface area contributed by atoms with Crippen molar-refractivity contribution in [1.29, 1.82) is 0 Å². The van der Waals surface area contributed by atoms with Gasteiger partial charge in [0, 0.05) is 31.2 Å². The number of nitrogens with zero attached hydrogens (tertiary/aromatic N) is 2. The van der Waals surface area contributed by atoms with Crippen LogP contribution in [0.25, 0.3) is 0 Å². The number of hydrogen-bond donors (Lipinski definition) is 2. The summed E-state index contributed by atoms with van der Waals surface area (Å²) in [7, 11) is 0. The lowest BCUT2D eigenvalue weighted by Gasteiger charge is -2.23. The number of rotatable bonds is 3. The first-order valence-electron chi connectivity index (χ1n) is 6.92. The molecule has 5 nitrogen and oxygen atoms in total. The fourth-order valence-electron chi connectivity index (χ4n) is 2.09. The van der Waals surface area contributed by atoms with Crippen molar-refractivity contribution in [2.24, 2.45) is 5.92 Å². The Labute approximate surface area is 115 Å². The lowest BCUT2D eigenvalue weighted by atomic mass is 9.96. The highest BCUT2D eigenvalue weighted by Crippen LogP contribution is 2.22. The standard InChI is InChI=1S/C14H24N4O/c1-14(2,3)13-17-11(15)8-12(18-13)16-9-10-4-6-19-7-5-10/h8,10H,4-7,9H2,1-3H3,(H3,15,16,17,18). The maximum Gasteiger partial charge on any atom is 0.138 e. The second-order valence-corrected chi connectivity index (χ2v) is 6.19. The molecule has 0 spiro atoms. The van der Waals surface area contributed by atoms with Crippen molar-refractivity contribution in [1.82, 2.24) is 9.97 Å². The van der Waals surface area contributed by atoms with Gasteiger partial charge in [-0.15, -0.1) is 0 Å². The van der Waals surface area contributed by atoms with Crippen LogP contribution in [0.2, 0.25) is 0 Å². The van der Waals surface area contributed by atoms with Gasteiger partial charge in [0.05, 0.1) is 0 Å². The van der Waals surface area contributed by atoms with Gasteiger partial charge in [-0.1, -0.05) is 20.8 Å². The minimum absolute atomic E-state index is 0.0928. The maximum atomic E-state index is 5.85. The van der Waals surface area contributed by atoms with E-state index in [-0.39, 0.29) is 5.41 Å². The van der Waals surface area contributed by atoms with Gasteiger partial charge in [-0.2, -0.15) is 0 Å². The van der Waals surface area contributed by atoms with Gasteiger partial charge < -0.3 is 15.8 Å². The molecule has 0 atom stereocenters. The minimum atomic E-state index is -0.0928. The smallest absolute Gasteiger partial charge is 0.138 e. The molecule has 1 aliphatic heterocycles. The molecule has 1 aliphatic rings. The number of anilines is 2. The molecule has 2 heterocycles. The summed E-state index contributed by atoms with van der Waals surface area (Å²) < 4.78 is 5.36. The summed E-state index contributed by atoms with van der Waals surface area (Å²) in [6, 6.07) is 1.80. The summed E-state index contributed by atoms with van der Waals surface area (Å²) in [6.45, 7) is 8.92. The third-order valence-electron chi connectivity index (χ3n) is 3.33. The molecule has 1 saturated heterocycles. The molecule has 2 rings (SSSR count). The predicted octanol–water partition coefficient (Wildman–Crippen LogP) is 2.19. The van der Waals surface area contributed by atoms with E-state index in [4.69, 9.17) is 10.5 Å². The van der Waals surface area contributed by atoms with Crippen molar-refractivity contribution in [3.8, 4) is 0 Å². The van der Waals surface area contributed by atoms with Crippen LogP contribution in [0, 0.1) is 5.92 Å². The average Bonchev–Trinajstić information content (AvgIpc) is 2.36. The van der Waals surface area contributed by atoms with Gasteiger partial charge in [-0.3, -0.25) is 0 Å². The quantitative estimate of drug-likeness (QED) is 0.875. The third-order valence-corrected chi connectivity index (χ3v) is 3.33. The number of aromatic nitrogens is 2. The van der Waals surface area contributed by atoms with Crippen molar-refractivity contribution in [3.63, 3.8) is 0 Å². The molecule has 0 aliphatic carbocycles. The van der Waals surface area contributed by atoms with Gasteiger partial charge in [-0.25, -0.2) is 9.97 Å². The van der Waals surface area contributed by atoms with Crippen LogP contribution in [0.4, 0.5) is 11.6 Å². The highest BCUT2D eigenvalue weighted by molar-refractivity contribution is 5.45. The lowest BCUT2D eigenvalue weighted by molar-refractivity contribution is 0.0699. The van der Waals surface area contributed by atoms with Crippen molar-refractivity contribution in [2.75, 3.05) is 30.8 Å². The Morgan fingerprint density at radius 3 is 2.63 bits per heavy atom. The lowest BCUT2D eigenvalue weighted by Crippen LogP contribution is -2.24. The fraction of sp³-hybridized carbons (Fsp3) is 0.714. The minimum Gasteiger partial charge on any atom is -0.384 e. The summed E-state index contributed by atoms with van der Waals surface area (Å²) in [4.78, 5) is 8.86. The molecule has 3 N–H and O–H groups in total. The Balaban J connectivity index is 2.01. The first-order valence-corrected chi connectivity index (χ1v) is 6.92. The maximum absolute atomic E-state index is 5.85. The zero-order valence-corrected chi connectivity index (χ0v) is 12.1. The van der Waals surface area contributed by atoms with Crippen LogP contribution >= 0.6 is 0 Å². The monoisotopic (exact) mass is 264 g/mol. The van der Waals surface area contributed by atoms with Gasteiger partial charge in [0.15, 0.2) is 0 Å². The zero-order valence-electron chi connectivity index (χ0n) is 12.1. The molecule has 0 saturated carbocycles. The molecular weight excluding hydrogens is 240 g/mol. The normalized spacial score (nSPS) is 17.4. The topological polar surface area (TPSA) is 73.1 Å². The predicted molar refractivity (Wildman–Crippen MR) is 77.2 cm³/mol. The van der Waals surface area contributed by atoms with E-state index < -0.39 is 0 Å². The fourth-order valence-corrected chi connectivity index (χ4v) is 2.09. The van der Waals surface area contributed by atoms with Gasteiger partial charge in [0.1, 0.15) is 17.5 Å². The first-order chi connectivity index (χ1) is 8.95. The van der Waals surface area contributed by atoms with Crippen molar-refractivity contribution in [2.45, 2.75) is 39.0 Å². The van der Waals surface area contributed by atoms with Crippen molar-refractivity contribution >= 4 is 11.6 Å². The second-order valence-electron chi connectivity index (χ2n) is 6.19. The summed E-state index contributed by atoms with van der Waals surface area (Å²) in [5.74, 6) is 2.78. The SMILES string of the molecule is CC(C)(C)c1nc(N)cc(NCC2CCOCC2)n1. The number of hydrogen-bond acceptors (Lipinski definition) is 5. The van der Waals surface area contributed by atoms with E-state index in [1.165, 1.54) is 0 Å². The van der Waals surface area contributed by atoms with Crippen molar-refractivity contribution < 1.29 is 4.74 Å². The first kappa shape index (κ1) is 14.1. The molecule has 1 aromatic rings. The molecule has 0 radical (unpaired) electrons. The van der Waals surface area contributed by atoms with Crippen LogP contribution in [0.3, 0.4) is 0 Å². The zero-order chi connectivity index (χ0) is 13.9. The van der Waals surface area contributed by atoms with Gasteiger partial charge in [0.25, 0.3) is 0 Å². The van der Waals surface area contributed by atoms with E-state index in [2.05, 4.69) is 36.1 Å². The molecule has 1 fully saturated rings. The summed E-state index contributed by atoms with van der Waals surface area (Å²) in [6.07, 6.45) is 2.22. The van der Waals surface area contributed by atoms with E-state index in [1.807, 2.05) is 0 Å². The highest BCUT2D eigenvalue weighted by Gasteiger charge is 2.19. The van der Waals surface area contributed by atoms with Crippen LogP contribution in [-0.4, -0.2) is 29.7 Å². The van der Waals surface area contributed by atoms with Crippen molar-refractivity contribution in [3.05, 3.63) is 11.9 Å². The number of ether oxygens (including phenoxy) is 1. The Bertz CT molecular complexity index is 422. The number of nitrogens with one attached hydrogen (secondary N) is 1. The summed E-state index contributed by atoms with van der Waals surface area (Å²) in [5, 5.41) is 3.38. The van der Waals surface area contributed by atoms with E-state index in [9.17, 15) is 0 Å². The molecular formula is C14H24N4O. The number of nitrogen functional groups attached to an aromatic ring is 1. The summed E-state index contributed by atoms with van der Waals surface area (Å²) >= 11 is 0. The molecule has 0 amide bonds. The van der Waals surface area contributed by atoms with Crippen LogP contribution in [0.5, 0.6) is 0 Å². The van der Waals surface area contributed by atoms with Crippen LogP contribution in [0.1, 0.15) is 39.4 Å². The van der Waals surface area contributed by atoms with E-state index >= 15 is 0 Å². The molecule has 0 bridgehead atoms. The average molecular weight is 264 g/mol. The molecule has 1 aromatic heterocycles. The van der Waals surface area contributed by atoms with E-state index in [0.29, 0.717) is 11.7 Å². The second kappa shape index (κ2) is 5.74. The third kappa shape index (κ3) is 4.06. The molecule has 5 heteroatoms. The Morgan fingerprint density at radius 2 is 2.00 bits per heavy atom.